The molecule has 196 valence electrons. The van der Waals surface area contributed by atoms with Crippen LogP contribution < -0.4 is 5.32 Å². The fourth-order valence-electron chi connectivity index (χ4n) is 8.57. The van der Waals surface area contributed by atoms with E-state index in [0.29, 0.717) is 18.3 Å². The van der Waals surface area contributed by atoms with Crippen LogP contribution in [0.2, 0.25) is 0 Å². The molecule has 5 aliphatic rings. The van der Waals surface area contributed by atoms with Crippen LogP contribution in [0.25, 0.3) is 22.8 Å². The summed E-state index contributed by atoms with van der Waals surface area (Å²) in [5.74, 6) is 4.30. The zero-order valence-corrected chi connectivity index (χ0v) is 22.0. The number of aromatic nitrogens is 3. The molecule has 3 aromatic rings. The number of piperidine rings is 1. The highest BCUT2D eigenvalue weighted by atomic mass is 16.5. The molecule has 0 amide bonds. The minimum absolute atomic E-state index is 0.187. The molecule has 8 atom stereocenters. The van der Waals surface area contributed by atoms with Crippen molar-refractivity contribution in [3.63, 3.8) is 0 Å². The normalized spacial score (nSPS) is 36.2. The van der Waals surface area contributed by atoms with Gasteiger partial charge in [-0.05, 0) is 43.9 Å². The largest absolute Gasteiger partial charge is 0.370 e. The molecule has 1 N–H and O–H groups in total. The number of nitrogens with one attached hydrogen (secondary N) is 1. The third-order valence-corrected chi connectivity index (χ3v) is 10.1. The van der Waals surface area contributed by atoms with Gasteiger partial charge in [-0.15, -0.1) is 0 Å². The van der Waals surface area contributed by atoms with Gasteiger partial charge in [-0.2, -0.15) is 0 Å². The van der Waals surface area contributed by atoms with Crippen molar-refractivity contribution in [1.82, 2.24) is 25.2 Å². The number of nitrogens with zero attached hydrogens (tertiary/aromatic N) is 4. The molecular weight excluding hydrogens is 470 g/mol. The van der Waals surface area contributed by atoms with Crippen molar-refractivity contribution in [3.8, 4) is 22.8 Å². The molecule has 8 unspecified atom stereocenters. The molecule has 3 aliphatic heterocycles. The maximum Gasteiger partial charge on any atom is 0.163 e. The Morgan fingerprint density at radius 3 is 2.13 bits per heavy atom. The standard InChI is InChI=1S/C32H37N5O/c1-3-10-20(11-4-1)29-34-30(21-12-5-2-6-13-21)36-31(35-29)22-18-27-32(33-19-22)37-25-16-8-7-14-23(25)24-15-9-17-26(38-27)28(24)37/h1-6,10-13,22-28,32-33H,7-9,14-19H2. The van der Waals surface area contributed by atoms with Crippen LogP contribution in [-0.2, 0) is 4.74 Å². The molecule has 2 aliphatic carbocycles. The first kappa shape index (κ1) is 23.2. The molecule has 0 spiro atoms. The number of fused-ring (bicyclic) bond motifs is 5. The van der Waals surface area contributed by atoms with Crippen LogP contribution in [0.5, 0.6) is 0 Å². The minimum Gasteiger partial charge on any atom is -0.370 e. The number of morpholine rings is 1. The first-order chi connectivity index (χ1) is 18.8. The van der Waals surface area contributed by atoms with Gasteiger partial charge in [0.05, 0.1) is 18.4 Å². The Labute approximate surface area is 225 Å². The van der Waals surface area contributed by atoms with Crippen LogP contribution in [0, 0.1) is 11.8 Å². The summed E-state index contributed by atoms with van der Waals surface area (Å²) in [7, 11) is 0. The first-order valence-corrected chi connectivity index (χ1v) is 14.9. The summed E-state index contributed by atoms with van der Waals surface area (Å²) in [6.07, 6.45) is 11.4. The van der Waals surface area contributed by atoms with E-state index < -0.39 is 0 Å². The average Bonchev–Trinajstić information content (AvgIpc) is 3.34. The molecule has 0 bridgehead atoms. The van der Waals surface area contributed by atoms with E-state index in [9.17, 15) is 0 Å². The predicted molar refractivity (Wildman–Crippen MR) is 147 cm³/mol. The van der Waals surface area contributed by atoms with E-state index in [0.717, 1.165) is 59.4 Å². The molecule has 8 rings (SSSR count). The van der Waals surface area contributed by atoms with E-state index in [4.69, 9.17) is 19.7 Å². The Morgan fingerprint density at radius 1 is 0.711 bits per heavy atom. The van der Waals surface area contributed by atoms with Gasteiger partial charge in [-0.25, -0.2) is 15.0 Å². The van der Waals surface area contributed by atoms with Crippen LogP contribution in [-0.4, -0.2) is 56.9 Å². The number of benzene rings is 2. The Hall–Kier alpha value is -2.67. The molecule has 2 aromatic carbocycles. The highest BCUT2D eigenvalue weighted by molar-refractivity contribution is 5.60. The summed E-state index contributed by atoms with van der Waals surface area (Å²) in [6.45, 7) is 0.882. The van der Waals surface area contributed by atoms with Crippen LogP contribution in [0.1, 0.15) is 63.1 Å². The smallest absolute Gasteiger partial charge is 0.163 e. The topological polar surface area (TPSA) is 63.2 Å². The maximum absolute atomic E-state index is 6.99. The second kappa shape index (κ2) is 9.51. The second-order valence-electron chi connectivity index (χ2n) is 12.1. The number of hydrogen-bond donors (Lipinski definition) is 1. The molecular formula is C32H37N5O. The fourth-order valence-corrected chi connectivity index (χ4v) is 8.57. The molecule has 6 heteroatoms. The van der Waals surface area contributed by atoms with Crippen LogP contribution in [0.15, 0.2) is 60.7 Å². The lowest BCUT2D eigenvalue weighted by atomic mass is 9.72. The molecule has 3 saturated heterocycles. The summed E-state index contributed by atoms with van der Waals surface area (Å²) in [4.78, 5) is 17.9. The Morgan fingerprint density at radius 2 is 1.39 bits per heavy atom. The number of hydrogen-bond acceptors (Lipinski definition) is 6. The molecule has 0 radical (unpaired) electrons. The van der Waals surface area contributed by atoms with Gasteiger partial charge in [0, 0.05) is 35.7 Å². The predicted octanol–water partition coefficient (Wildman–Crippen LogP) is 5.42. The maximum atomic E-state index is 6.99. The third-order valence-electron chi connectivity index (χ3n) is 10.1. The van der Waals surface area contributed by atoms with E-state index in [1.54, 1.807) is 0 Å². The van der Waals surface area contributed by atoms with Gasteiger partial charge in [0.25, 0.3) is 0 Å². The average molecular weight is 508 g/mol. The van der Waals surface area contributed by atoms with Crippen molar-refractivity contribution in [3.05, 3.63) is 66.5 Å². The van der Waals surface area contributed by atoms with E-state index in [2.05, 4.69) is 34.5 Å². The first-order valence-electron chi connectivity index (χ1n) is 14.9. The van der Waals surface area contributed by atoms with E-state index in [1.165, 1.54) is 44.9 Å². The van der Waals surface area contributed by atoms with Crippen molar-refractivity contribution in [2.24, 2.45) is 11.8 Å². The molecule has 6 nitrogen and oxygen atoms in total. The minimum atomic E-state index is 0.187. The summed E-state index contributed by atoms with van der Waals surface area (Å²) in [5.41, 5.74) is 2.06. The van der Waals surface area contributed by atoms with Gasteiger partial charge in [-0.3, -0.25) is 10.2 Å². The van der Waals surface area contributed by atoms with Crippen molar-refractivity contribution < 1.29 is 4.74 Å². The van der Waals surface area contributed by atoms with Crippen molar-refractivity contribution in [2.75, 3.05) is 6.54 Å². The van der Waals surface area contributed by atoms with Gasteiger partial charge in [0.2, 0.25) is 0 Å². The lowest BCUT2D eigenvalue weighted by Crippen LogP contribution is -2.69. The Balaban J connectivity index is 1.12. The highest BCUT2D eigenvalue weighted by Gasteiger charge is 2.60. The molecule has 5 fully saturated rings. The quantitative estimate of drug-likeness (QED) is 0.511. The third kappa shape index (κ3) is 3.83. The van der Waals surface area contributed by atoms with Gasteiger partial charge in [0.15, 0.2) is 11.6 Å². The van der Waals surface area contributed by atoms with Crippen LogP contribution >= 0.6 is 0 Å². The zero-order valence-electron chi connectivity index (χ0n) is 22.0. The summed E-state index contributed by atoms with van der Waals surface area (Å²) in [6, 6.07) is 22.0. The van der Waals surface area contributed by atoms with Gasteiger partial charge >= 0.3 is 0 Å². The lowest BCUT2D eigenvalue weighted by Gasteiger charge is -2.54. The van der Waals surface area contributed by atoms with Crippen LogP contribution in [0.3, 0.4) is 0 Å². The van der Waals surface area contributed by atoms with Crippen molar-refractivity contribution >= 4 is 0 Å². The van der Waals surface area contributed by atoms with Gasteiger partial charge < -0.3 is 4.74 Å². The molecule has 2 saturated carbocycles. The van der Waals surface area contributed by atoms with Crippen LogP contribution in [0.4, 0.5) is 0 Å². The number of rotatable bonds is 3. The fraction of sp³-hybridized carbons (Fsp3) is 0.531. The Bertz CT molecular complexity index is 1230. The van der Waals surface area contributed by atoms with Gasteiger partial charge in [0.1, 0.15) is 5.82 Å². The summed E-state index contributed by atoms with van der Waals surface area (Å²) < 4.78 is 6.99. The van der Waals surface area contributed by atoms with Crippen molar-refractivity contribution in [2.45, 2.75) is 87.7 Å². The summed E-state index contributed by atoms with van der Waals surface area (Å²) in [5, 5.41) is 3.98. The molecule has 1 aromatic heterocycles. The second-order valence-corrected chi connectivity index (χ2v) is 12.1. The lowest BCUT2D eigenvalue weighted by molar-refractivity contribution is -0.185. The Kier molecular flexibility index (Phi) is 5.81. The number of ether oxygens (including phenoxy) is 1. The van der Waals surface area contributed by atoms with E-state index in [1.807, 2.05) is 36.4 Å². The van der Waals surface area contributed by atoms with Crippen molar-refractivity contribution in [1.29, 1.82) is 0 Å². The van der Waals surface area contributed by atoms with Gasteiger partial charge in [-0.1, -0.05) is 79.9 Å². The van der Waals surface area contributed by atoms with E-state index in [-0.39, 0.29) is 12.0 Å². The highest BCUT2D eigenvalue weighted by Crippen LogP contribution is 2.53. The molecule has 38 heavy (non-hydrogen) atoms. The van der Waals surface area contributed by atoms with E-state index >= 15 is 0 Å². The SMILES string of the molecule is c1ccc(-c2nc(-c3ccccc3)nc(C3CNC4C(C3)OC3CCCC5C6CCCCC6N4C35)n2)cc1. The summed E-state index contributed by atoms with van der Waals surface area (Å²) >= 11 is 0. The zero-order chi connectivity index (χ0) is 25.1. The monoisotopic (exact) mass is 507 g/mol. The molecule has 4 heterocycles.